The quantitative estimate of drug-likeness (QED) is 0.677. The van der Waals surface area contributed by atoms with Gasteiger partial charge < -0.3 is 0 Å². The summed E-state index contributed by atoms with van der Waals surface area (Å²) in [6, 6.07) is 14.7. The zero-order chi connectivity index (χ0) is 13.9. The van der Waals surface area contributed by atoms with Gasteiger partial charge in [-0.3, -0.25) is 0 Å². The SMILES string of the molecule is FC(F)(F)c1ccccc1C(Cl)Cc1ccccc1. The third kappa shape index (κ3) is 3.51. The van der Waals surface area contributed by atoms with Crippen LogP contribution in [0.5, 0.6) is 0 Å². The Hall–Kier alpha value is -1.48. The summed E-state index contributed by atoms with van der Waals surface area (Å²) in [5.41, 5.74) is 0.380. The minimum absolute atomic E-state index is 0.125. The van der Waals surface area contributed by atoms with E-state index in [0.29, 0.717) is 6.42 Å². The van der Waals surface area contributed by atoms with E-state index in [4.69, 9.17) is 11.6 Å². The molecule has 0 radical (unpaired) electrons. The Morgan fingerprint density at radius 3 is 2.11 bits per heavy atom. The van der Waals surface area contributed by atoms with Crippen molar-refractivity contribution in [3.05, 3.63) is 71.3 Å². The van der Waals surface area contributed by atoms with Crippen molar-refractivity contribution in [3.8, 4) is 0 Å². The first-order chi connectivity index (χ1) is 8.98. The summed E-state index contributed by atoms with van der Waals surface area (Å²) >= 11 is 6.15. The van der Waals surface area contributed by atoms with Crippen LogP contribution in [-0.4, -0.2) is 0 Å². The molecule has 0 nitrogen and oxygen atoms in total. The number of halogens is 4. The van der Waals surface area contributed by atoms with Gasteiger partial charge in [0.1, 0.15) is 0 Å². The molecule has 0 N–H and O–H groups in total. The summed E-state index contributed by atoms with van der Waals surface area (Å²) in [4.78, 5) is 0. The number of benzene rings is 2. The fourth-order valence-electron chi connectivity index (χ4n) is 1.96. The fourth-order valence-corrected chi connectivity index (χ4v) is 2.33. The van der Waals surface area contributed by atoms with Gasteiger partial charge in [-0.1, -0.05) is 48.5 Å². The summed E-state index contributed by atoms with van der Waals surface area (Å²) in [7, 11) is 0. The van der Waals surface area contributed by atoms with E-state index in [1.165, 1.54) is 12.1 Å². The second kappa shape index (κ2) is 5.66. The molecule has 0 bridgehead atoms. The molecule has 4 heteroatoms. The first kappa shape index (κ1) is 13.9. The van der Waals surface area contributed by atoms with E-state index in [2.05, 4.69) is 0 Å². The maximum absolute atomic E-state index is 12.9. The molecule has 1 unspecified atom stereocenters. The average molecular weight is 285 g/mol. The number of alkyl halides is 4. The molecule has 0 heterocycles. The van der Waals surface area contributed by atoms with Crippen LogP contribution in [0, 0.1) is 0 Å². The minimum Gasteiger partial charge on any atom is -0.166 e. The van der Waals surface area contributed by atoms with Gasteiger partial charge >= 0.3 is 6.18 Å². The predicted molar refractivity (Wildman–Crippen MR) is 70.2 cm³/mol. The predicted octanol–water partition coefficient (Wildman–Crippen LogP) is 5.23. The van der Waals surface area contributed by atoms with E-state index in [-0.39, 0.29) is 5.56 Å². The number of hydrogen-bond acceptors (Lipinski definition) is 0. The lowest BCUT2D eigenvalue weighted by atomic mass is 9.99. The fraction of sp³-hybridized carbons (Fsp3) is 0.200. The Bertz CT molecular complexity index is 535. The van der Waals surface area contributed by atoms with Crippen LogP contribution in [0.4, 0.5) is 13.2 Å². The van der Waals surface area contributed by atoms with Crippen molar-refractivity contribution in [1.82, 2.24) is 0 Å². The largest absolute Gasteiger partial charge is 0.416 e. The molecule has 0 aliphatic carbocycles. The van der Waals surface area contributed by atoms with E-state index in [1.54, 1.807) is 6.07 Å². The van der Waals surface area contributed by atoms with Crippen LogP contribution in [0.3, 0.4) is 0 Å². The summed E-state index contributed by atoms with van der Waals surface area (Å²) in [6.07, 6.45) is -4.00. The van der Waals surface area contributed by atoms with E-state index in [0.717, 1.165) is 11.6 Å². The molecule has 1 atom stereocenters. The van der Waals surface area contributed by atoms with Crippen LogP contribution in [0.1, 0.15) is 22.1 Å². The topological polar surface area (TPSA) is 0 Å². The zero-order valence-corrected chi connectivity index (χ0v) is 10.7. The number of rotatable bonds is 3. The van der Waals surface area contributed by atoms with Gasteiger partial charge in [0.2, 0.25) is 0 Å². The molecular weight excluding hydrogens is 273 g/mol. The van der Waals surface area contributed by atoms with E-state index < -0.39 is 17.1 Å². The Morgan fingerprint density at radius 1 is 0.895 bits per heavy atom. The molecule has 2 rings (SSSR count). The maximum Gasteiger partial charge on any atom is 0.416 e. The van der Waals surface area contributed by atoms with Crippen LogP contribution in [0.15, 0.2) is 54.6 Å². The highest BCUT2D eigenvalue weighted by Gasteiger charge is 2.34. The van der Waals surface area contributed by atoms with Crippen LogP contribution < -0.4 is 0 Å². The molecule has 0 aliphatic rings. The summed E-state index contributed by atoms with van der Waals surface area (Å²) in [6.45, 7) is 0. The van der Waals surface area contributed by atoms with Crippen molar-refractivity contribution in [2.24, 2.45) is 0 Å². The molecule has 2 aromatic carbocycles. The Kier molecular flexibility index (Phi) is 4.15. The van der Waals surface area contributed by atoms with E-state index >= 15 is 0 Å². The summed E-state index contributed by atoms with van der Waals surface area (Å²) in [5, 5.41) is -0.694. The van der Waals surface area contributed by atoms with Crippen molar-refractivity contribution in [2.75, 3.05) is 0 Å². The van der Waals surface area contributed by atoms with Crippen molar-refractivity contribution in [2.45, 2.75) is 18.0 Å². The first-order valence-electron chi connectivity index (χ1n) is 5.82. The highest BCUT2D eigenvalue weighted by molar-refractivity contribution is 6.21. The molecule has 100 valence electrons. The normalized spacial score (nSPS) is 13.3. The van der Waals surface area contributed by atoms with Gasteiger partial charge in [0.05, 0.1) is 10.9 Å². The van der Waals surface area contributed by atoms with Crippen LogP contribution in [-0.2, 0) is 12.6 Å². The van der Waals surface area contributed by atoms with Crippen LogP contribution >= 0.6 is 11.6 Å². The summed E-state index contributed by atoms with van der Waals surface area (Å²) in [5.74, 6) is 0. The van der Waals surface area contributed by atoms with E-state index in [9.17, 15) is 13.2 Å². The van der Waals surface area contributed by atoms with Gasteiger partial charge in [0.25, 0.3) is 0 Å². The van der Waals surface area contributed by atoms with Gasteiger partial charge in [0.15, 0.2) is 0 Å². The third-order valence-electron chi connectivity index (χ3n) is 2.86. The molecule has 2 aromatic rings. The Balaban J connectivity index is 2.27. The van der Waals surface area contributed by atoms with Gasteiger partial charge in [-0.2, -0.15) is 13.2 Å². The van der Waals surface area contributed by atoms with Crippen molar-refractivity contribution >= 4 is 11.6 Å². The van der Waals surface area contributed by atoms with Gasteiger partial charge in [-0.15, -0.1) is 11.6 Å². The zero-order valence-electron chi connectivity index (χ0n) is 9.99. The second-order valence-electron chi connectivity index (χ2n) is 4.24. The smallest absolute Gasteiger partial charge is 0.166 e. The lowest BCUT2D eigenvalue weighted by molar-refractivity contribution is -0.138. The van der Waals surface area contributed by atoms with Crippen molar-refractivity contribution in [3.63, 3.8) is 0 Å². The second-order valence-corrected chi connectivity index (χ2v) is 4.77. The summed E-state index contributed by atoms with van der Waals surface area (Å²) < 4.78 is 38.7. The molecular formula is C15H12ClF3. The van der Waals surface area contributed by atoms with E-state index in [1.807, 2.05) is 30.3 Å². The monoisotopic (exact) mass is 284 g/mol. The highest BCUT2D eigenvalue weighted by Crippen LogP contribution is 2.37. The minimum atomic E-state index is -4.37. The lowest BCUT2D eigenvalue weighted by Gasteiger charge is -2.16. The molecule has 0 saturated carbocycles. The molecule has 0 spiro atoms. The number of hydrogen-bond donors (Lipinski definition) is 0. The molecule has 19 heavy (non-hydrogen) atoms. The van der Waals surface area contributed by atoms with Gasteiger partial charge in [-0.05, 0) is 23.6 Å². The standard InChI is InChI=1S/C15H12ClF3/c16-14(10-11-6-2-1-3-7-11)12-8-4-5-9-13(12)15(17,18)19/h1-9,14H,10H2. The van der Waals surface area contributed by atoms with Crippen LogP contribution in [0.2, 0.25) is 0 Å². The lowest BCUT2D eigenvalue weighted by Crippen LogP contribution is -2.11. The first-order valence-corrected chi connectivity index (χ1v) is 6.26. The Morgan fingerprint density at radius 2 is 1.47 bits per heavy atom. The van der Waals surface area contributed by atoms with Crippen LogP contribution in [0.25, 0.3) is 0 Å². The van der Waals surface area contributed by atoms with Crippen molar-refractivity contribution < 1.29 is 13.2 Å². The third-order valence-corrected chi connectivity index (χ3v) is 3.25. The molecule has 0 saturated heterocycles. The molecule has 0 amide bonds. The van der Waals surface area contributed by atoms with Crippen molar-refractivity contribution in [1.29, 1.82) is 0 Å². The maximum atomic E-state index is 12.9. The molecule has 0 aliphatic heterocycles. The molecule has 0 aromatic heterocycles. The van der Waals surface area contributed by atoms with Gasteiger partial charge in [-0.25, -0.2) is 0 Å². The highest BCUT2D eigenvalue weighted by atomic mass is 35.5. The average Bonchev–Trinajstić information content (AvgIpc) is 2.39. The Labute approximate surface area is 114 Å². The van der Waals surface area contributed by atoms with Gasteiger partial charge in [0, 0.05) is 0 Å². The molecule has 0 fully saturated rings.